The fourth-order valence-electron chi connectivity index (χ4n) is 1.29. The summed E-state index contributed by atoms with van der Waals surface area (Å²) >= 11 is 0. The third kappa shape index (κ3) is 2.78. The molecule has 0 N–H and O–H groups in total. The lowest BCUT2D eigenvalue weighted by Gasteiger charge is -2.25. The van der Waals surface area contributed by atoms with E-state index in [4.69, 9.17) is 4.74 Å². The van der Waals surface area contributed by atoms with Crippen molar-refractivity contribution in [3.8, 4) is 0 Å². The summed E-state index contributed by atoms with van der Waals surface area (Å²) in [6.45, 7) is 10.6. The molecule has 1 aromatic rings. The molecule has 84 valence electrons. The molecule has 0 aliphatic heterocycles. The van der Waals surface area contributed by atoms with Gasteiger partial charge in [-0.05, 0) is 26.0 Å². The van der Waals surface area contributed by atoms with Crippen LogP contribution in [0, 0.1) is 0 Å². The first-order chi connectivity index (χ1) is 6.77. The number of nitrogens with zero attached hydrogens (tertiary/aromatic N) is 1. The van der Waals surface area contributed by atoms with Crippen molar-refractivity contribution in [1.29, 1.82) is 0 Å². The fourth-order valence-corrected chi connectivity index (χ4v) is 1.29. The van der Waals surface area contributed by atoms with Crippen LogP contribution in [0.2, 0.25) is 0 Å². The van der Waals surface area contributed by atoms with E-state index in [0.29, 0.717) is 0 Å². The van der Waals surface area contributed by atoms with Crippen molar-refractivity contribution in [3.63, 3.8) is 0 Å². The molecule has 2 heteroatoms. The molecule has 0 saturated heterocycles. The highest BCUT2D eigenvalue weighted by Gasteiger charge is 2.23. The van der Waals surface area contributed by atoms with Gasteiger partial charge in [-0.2, -0.15) is 0 Å². The summed E-state index contributed by atoms with van der Waals surface area (Å²) in [4.78, 5) is 4.66. The highest BCUT2D eigenvalue weighted by atomic mass is 16.5. The van der Waals surface area contributed by atoms with Gasteiger partial charge in [-0.15, -0.1) is 0 Å². The molecule has 2 nitrogen and oxygen atoms in total. The van der Waals surface area contributed by atoms with E-state index in [1.807, 2.05) is 26.0 Å². The molecular formula is C13H21NO. The van der Waals surface area contributed by atoms with E-state index in [1.54, 1.807) is 7.11 Å². The first-order valence-corrected chi connectivity index (χ1v) is 5.30. The molecule has 1 aromatic heterocycles. The maximum Gasteiger partial charge on any atom is 0.104 e. The van der Waals surface area contributed by atoms with Gasteiger partial charge in [-0.3, -0.25) is 4.98 Å². The van der Waals surface area contributed by atoms with E-state index in [-0.39, 0.29) is 11.0 Å². The molecule has 0 saturated carbocycles. The standard InChI is InChI=1S/C13H21NO/c1-12(2,3)10-8-7-9-11(14-10)13(4,5)15-6/h7-9H,1-6H3. The molecule has 1 rings (SSSR count). The highest BCUT2D eigenvalue weighted by molar-refractivity contribution is 5.20. The lowest BCUT2D eigenvalue weighted by molar-refractivity contribution is 0.0152. The van der Waals surface area contributed by atoms with E-state index >= 15 is 0 Å². The minimum atomic E-state index is -0.318. The van der Waals surface area contributed by atoms with Gasteiger partial charge in [0.15, 0.2) is 0 Å². The van der Waals surface area contributed by atoms with Gasteiger partial charge in [0.05, 0.1) is 5.69 Å². The van der Waals surface area contributed by atoms with E-state index in [9.17, 15) is 0 Å². The van der Waals surface area contributed by atoms with E-state index in [0.717, 1.165) is 11.4 Å². The minimum absolute atomic E-state index is 0.0832. The Morgan fingerprint density at radius 3 is 2.00 bits per heavy atom. The van der Waals surface area contributed by atoms with Crippen LogP contribution in [0.5, 0.6) is 0 Å². The van der Waals surface area contributed by atoms with Crippen molar-refractivity contribution < 1.29 is 4.74 Å². The van der Waals surface area contributed by atoms with Crippen LogP contribution in [0.15, 0.2) is 18.2 Å². The Morgan fingerprint density at radius 2 is 1.53 bits per heavy atom. The summed E-state index contributed by atoms with van der Waals surface area (Å²) < 4.78 is 5.43. The van der Waals surface area contributed by atoms with Crippen molar-refractivity contribution in [2.75, 3.05) is 7.11 Å². The number of pyridine rings is 1. The Morgan fingerprint density at radius 1 is 1.00 bits per heavy atom. The third-order valence-electron chi connectivity index (χ3n) is 2.64. The molecule has 15 heavy (non-hydrogen) atoms. The average molecular weight is 207 g/mol. The molecule has 0 unspecified atom stereocenters. The SMILES string of the molecule is COC(C)(C)c1cccc(C(C)(C)C)n1. The fraction of sp³-hybridized carbons (Fsp3) is 0.615. The second-order valence-electron chi connectivity index (χ2n) is 5.37. The van der Waals surface area contributed by atoms with Crippen LogP contribution in [0.4, 0.5) is 0 Å². The van der Waals surface area contributed by atoms with Gasteiger partial charge in [0.2, 0.25) is 0 Å². The topological polar surface area (TPSA) is 22.1 Å². The smallest absolute Gasteiger partial charge is 0.104 e. The monoisotopic (exact) mass is 207 g/mol. The number of rotatable bonds is 2. The molecule has 0 spiro atoms. The van der Waals surface area contributed by atoms with Crippen LogP contribution >= 0.6 is 0 Å². The summed E-state index contributed by atoms with van der Waals surface area (Å²) in [7, 11) is 1.71. The number of aromatic nitrogens is 1. The summed E-state index contributed by atoms with van der Waals surface area (Å²) in [6, 6.07) is 6.12. The van der Waals surface area contributed by atoms with Crippen molar-refractivity contribution >= 4 is 0 Å². The number of hydrogen-bond acceptors (Lipinski definition) is 2. The average Bonchev–Trinajstić information content (AvgIpc) is 2.17. The molecule has 0 aliphatic rings. The first kappa shape index (κ1) is 12.2. The Bertz CT molecular complexity index is 337. The molecule has 0 atom stereocenters. The van der Waals surface area contributed by atoms with Gasteiger partial charge < -0.3 is 4.74 Å². The maximum absolute atomic E-state index is 5.43. The van der Waals surface area contributed by atoms with Gasteiger partial charge in [0.25, 0.3) is 0 Å². The lowest BCUT2D eigenvalue weighted by Crippen LogP contribution is -2.23. The van der Waals surface area contributed by atoms with Crippen molar-refractivity contribution in [2.24, 2.45) is 0 Å². The van der Waals surface area contributed by atoms with E-state index in [2.05, 4.69) is 31.8 Å². The third-order valence-corrected chi connectivity index (χ3v) is 2.64. The zero-order chi connectivity index (χ0) is 11.7. The predicted octanol–water partition coefficient (Wildman–Crippen LogP) is 3.26. The largest absolute Gasteiger partial charge is 0.373 e. The van der Waals surface area contributed by atoms with Crippen molar-refractivity contribution in [1.82, 2.24) is 4.98 Å². The summed E-state index contributed by atoms with van der Waals surface area (Å²) in [6.07, 6.45) is 0. The lowest BCUT2D eigenvalue weighted by atomic mass is 9.91. The molecule has 1 heterocycles. The van der Waals surface area contributed by atoms with E-state index in [1.165, 1.54) is 0 Å². The Kier molecular flexibility index (Phi) is 3.19. The van der Waals surface area contributed by atoms with Gasteiger partial charge in [-0.1, -0.05) is 26.8 Å². The number of methoxy groups -OCH3 is 1. The molecule has 0 amide bonds. The first-order valence-electron chi connectivity index (χ1n) is 5.30. The van der Waals surface area contributed by atoms with Crippen LogP contribution in [0.3, 0.4) is 0 Å². The maximum atomic E-state index is 5.43. The highest BCUT2D eigenvalue weighted by Crippen LogP contribution is 2.25. The summed E-state index contributed by atoms with van der Waals surface area (Å²) in [5.41, 5.74) is 1.85. The normalized spacial score (nSPS) is 12.9. The number of hydrogen-bond donors (Lipinski definition) is 0. The number of ether oxygens (including phenoxy) is 1. The van der Waals surface area contributed by atoms with Crippen molar-refractivity contribution in [2.45, 2.75) is 45.6 Å². The summed E-state index contributed by atoms with van der Waals surface area (Å²) in [5, 5.41) is 0. The van der Waals surface area contributed by atoms with Crippen LogP contribution in [-0.2, 0) is 15.8 Å². The predicted molar refractivity (Wildman–Crippen MR) is 63.0 cm³/mol. The van der Waals surface area contributed by atoms with Crippen LogP contribution in [-0.4, -0.2) is 12.1 Å². The van der Waals surface area contributed by atoms with Crippen LogP contribution < -0.4 is 0 Å². The van der Waals surface area contributed by atoms with Crippen molar-refractivity contribution in [3.05, 3.63) is 29.6 Å². The van der Waals surface area contributed by atoms with Gasteiger partial charge in [-0.25, -0.2) is 0 Å². The second-order valence-corrected chi connectivity index (χ2v) is 5.37. The van der Waals surface area contributed by atoms with Gasteiger partial charge in [0.1, 0.15) is 5.60 Å². The molecular weight excluding hydrogens is 186 g/mol. The quantitative estimate of drug-likeness (QED) is 0.742. The zero-order valence-electron chi connectivity index (χ0n) is 10.6. The molecule has 0 aromatic carbocycles. The molecule has 0 bridgehead atoms. The Balaban J connectivity index is 3.14. The Hall–Kier alpha value is -0.890. The van der Waals surface area contributed by atoms with Gasteiger partial charge in [0, 0.05) is 18.2 Å². The van der Waals surface area contributed by atoms with Gasteiger partial charge >= 0.3 is 0 Å². The van der Waals surface area contributed by atoms with Crippen LogP contribution in [0.1, 0.15) is 46.0 Å². The second kappa shape index (κ2) is 3.93. The minimum Gasteiger partial charge on any atom is -0.373 e. The summed E-state index contributed by atoms with van der Waals surface area (Å²) in [5.74, 6) is 0. The molecule has 0 aliphatic carbocycles. The molecule has 0 radical (unpaired) electrons. The Labute approximate surface area is 92.7 Å². The molecule has 0 fully saturated rings. The zero-order valence-corrected chi connectivity index (χ0v) is 10.6. The van der Waals surface area contributed by atoms with E-state index < -0.39 is 0 Å². The van der Waals surface area contributed by atoms with Crippen LogP contribution in [0.25, 0.3) is 0 Å².